The van der Waals surface area contributed by atoms with Crippen molar-refractivity contribution in [2.75, 3.05) is 0 Å². The van der Waals surface area contributed by atoms with E-state index in [1.54, 1.807) is 0 Å². The van der Waals surface area contributed by atoms with Crippen LogP contribution in [0.4, 0.5) is 4.79 Å². The molecule has 1 amide bonds. The summed E-state index contributed by atoms with van der Waals surface area (Å²) in [5.74, 6) is 0.0774. The van der Waals surface area contributed by atoms with E-state index >= 15 is 0 Å². The van der Waals surface area contributed by atoms with E-state index in [1.807, 2.05) is 51.1 Å². The zero-order chi connectivity index (χ0) is 17.2. The Hall–Kier alpha value is -2.55. The monoisotopic (exact) mass is 321 g/mol. The number of alkyl carbamates (subject to hydrolysis) is 1. The highest BCUT2D eigenvalue weighted by molar-refractivity contribution is 5.70. The number of carbonyl (C=O) groups excluding carboxylic acids is 1. The molecule has 0 unspecified atom stereocenters. The lowest BCUT2D eigenvalue weighted by Crippen LogP contribution is -2.37. The Balaban J connectivity index is 1.93. The third kappa shape index (κ3) is 3.67. The summed E-state index contributed by atoms with van der Waals surface area (Å²) in [6.45, 7) is 5.61. The minimum atomic E-state index is -0.518. The first kappa shape index (κ1) is 16.3. The van der Waals surface area contributed by atoms with Gasteiger partial charge in [-0.15, -0.1) is 0 Å². The lowest BCUT2D eigenvalue weighted by molar-refractivity contribution is 0.0499. The molecule has 0 spiro atoms. The zero-order valence-corrected chi connectivity index (χ0v) is 14.3. The van der Waals surface area contributed by atoms with Crippen LogP contribution in [0.3, 0.4) is 0 Å². The third-order valence-electron chi connectivity index (χ3n) is 4.03. The normalized spacial score (nSPS) is 19.5. The fourth-order valence-corrected chi connectivity index (χ4v) is 3.04. The Morgan fingerprint density at radius 2 is 1.67 bits per heavy atom. The topological polar surface area (TPSA) is 38.3 Å². The highest BCUT2D eigenvalue weighted by Crippen LogP contribution is 2.38. The van der Waals surface area contributed by atoms with Crippen LogP contribution in [0.2, 0.25) is 0 Å². The maximum atomic E-state index is 12.4. The molecule has 3 rings (SSSR count). The van der Waals surface area contributed by atoms with Crippen LogP contribution in [0.1, 0.15) is 49.4 Å². The van der Waals surface area contributed by atoms with Gasteiger partial charge in [-0.25, -0.2) is 4.79 Å². The van der Waals surface area contributed by atoms with Crippen molar-refractivity contribution in [3.8, 4) is 0 Å². The van der Waals surface area contributed by atoms with Crippen molar-refractivity contribution in [1.29, 1.82) is 0 Å². The Morgan fingerprint density at radius 1 is 1.00 bits per heavy atom. The molecule has 124 valence electrons. The average molecular weight is 321 g/mol. The van der Waals surface area contributed by atoms with Crippen LogP contribution in [0.5, 0.6) is 0 Å². The summed E-state index contributed by atoms with van der Waals surface area (Å²) >= 11 is 0. The van der Waals surface area contributed by atoms with Crippen LogP contribution in [0.15, 0.2) is 60.7 Å². The molecule has 0 aliphatic heterocycles. The molecular weight excluding hydrogens is 298 g/mol. The van der Waals surface area contributed by atoms with E-state index in [-0.39, 0.29) is 12.0 Å². The van der Waals surface area contributed by atoms with Gasteiger partial charge < -0.3 is 10.1 Å². The molecule has 1 aliphatic rings. The lowest BCUT2D eigenvalue weighted by atomic mass is 9.81. The molecule has 2 atom stereocenters. The van der Waals surface area contributed by atoms with Gasteiger partial charge in [-0.3, -0.25) is 0 Å². The first-order chi connectivity index (χ1) is 11.4. The van der Waals surface area contributed by atoms with Gasteiger partial charge in [0.2, 0.25) is 0 Å². The van der Waals surface area contributed by atoms with Gasteiger partial charge in [0.1, 0.15) is 5.60 Å². The summed E-state index contributed by atoms with van der Waals surface area (Å²) in [4.78, 5) is 12.4. The zero-order valence-electron chi connectivity index (χ0n) is 14.3. The number of benzene rings is 2. The number of carbonyl (C=O) groups is 1. The van der Waals surface area contributed by atoms with Crippen molar-refractivity contribution in [2.45, 2.75) is 38.3 Å². The van der Waals surface area contributed by atoms with Crippen LogP contribution in [-0.4, -0.2) is 11.7 Å². The molecule has 0 fully saturated rings. The number of hydrogen-bond acceptors (Lipinski definition) is 2. The van der Waals surface area contributed by atoms with Gasteiger partial charge in [-0.1, -0.05) is 66.7 Å². The van der Waals surface area contributed by atoms with Gasteiger partial charge in [-0.05, 0) is 37.5 Å². The second kappa shape index (κ2) is 6.52. The fourth-order valence-electron chi connectivity index (χ4n) is 3.04. The quantitative estimate of drug-likeness (QED) is 0.839. The summed E-state index contributed by atoms with van der Waals surface area (Å²) < 4.78 is 5.47. The maximum absolute atomic E-state index is 12.4. The molecule has 1 N–H and O–H groups in total. The second-order valence-corrected chi connectivity index (χ2v) is 7.05. The van der Waals surface area contributed by atoms with E-state index in [9.17, 15) is 4.79 Å². The van der Waals surface area contributed by atoms with Gasteiger partial charge in [0.15, 0.2) is 0 Å². The molecule has 0 bridgehead atoms. The summed E-state index contributed by atoms with van der Waals surface area (Å²) in [6, 6.07) is 18.2. The van der Waals surface area contributed by atoms with Crippen molar-refractivity contribution >= 4 is 12.2 Å². The van der Waals surface area contributed by atoms with Crippen LogP contribution in [0.25, 0.3) is 6.08 Å². The van der Waals surface area contributed by atoms with E-state index in [0.29, 0.717) is 0 Å². The molecule has 24 heavy (non-hydrogen) atoms. The molecule has 3 nitrogen and oxygen atoms in total. The molecule has 2 aromatic rings. The van der Waals surface area contributed by atoms with E-state index < -0.39 is 11.7 Å². The molecule has 0 radical (unpaired) electrons. The van der Waals surface area contributed by atoms with Gasteiger partial charge in [0, 0.05) is 5.92 Å². The molecule has 0 saturated carbocycles. The van der Waals surface area contributed by atoms with Gasteiger partial charge >= 0.3 is 6.09 Å². The number of amides is 1. The van der Waals surface area contributed by atoms with Crippen LogP contribution in [-0.2, 0) is 4.74 Å². The summed E-state index contributed by atoms with van der Waals surface area (Å²) in [7, 11) is 0. The molecular formula is C21H23NO2. The Kier molecular flexibility index (Phi) is 4.43. The van der Waals surface area contributed by atoms with Gasteiger partial charge in [-0.2, -0.15) is 0 Å². The van der Waals surface area contributed by atoms with Crippen LogP contribution < -0.4 is 5.32 Å². The Morgan fingerprint density at radius 3 is 2.38 bits per heavy atom. The largest absolute Gasteiger partial charge is 0.444 e. The molecule has 0 heterocycles. The van der Waals surface area contributed by atoms with E-state index in [4.69, 9.17) is 4.74 Å². The van der Waals surface area contributed by atoms with Crippen molar-refractivity contribution < 1.29 is 9.53 Å². The van der Waals surface area contributed by atoms with E-state index in [2.05, 4.69) is 41.7 Å². The molecule has 2 aromatic carbocycles. The molecule has 1 aliphatic carbocycles. The van der Waals surface area contributed by atoms with Gasteiger partial charge in [0.05, 0.1) is 6.04 Å². The highest BCUT2D eigenvalue weighted by Gasteiger charge is 2.30. The summed E-state index contributed by atoms with van der Waals surface area (Å²) in [5, 5.41) is 3.07. The SMILES string of the molecule is CC(C)(C)OC(=O)N[C@@H]1c2ccccc2C=C[C@@H]1c1ccccc1. The smallest absolute Gasteiger partial charge is 0.408 e. The third-order valence-corrected chi connectivity index (χ3v) is 4.03. The maximum Gasteiger partial charge on any atom is 0.408 e. The fraction of sp³-hybridized carbons (Fsp3) is 0.286. The average Bonchev–Trinajstić information content (AvgIpc) is 2.54. The number of nitrogens with one attached hydrogen (secondary N) is 1. The summed E-state index contributed by atoms with van der Waals surface area (Å²) in [5.41, 5.74) is 2.89. The summed E-state index contributed by atoms with van der Waals surface area (Å²) in [6.07, 6.45) is 3.89. The first-order valence-electron chi connectivity index (χ1n) is 8.26. The minimum Gasteiger partial charge on any atom is -0.444 e. The Labute approximate surface area is 143 Å². The number of hydrogen-bond donors (Lipinski definition) is 1. The standard InChI is InChI=1S/C21H23NO2/c1-21(2,3)24-20(23)22-19-17-12-8-7-11-16(17)13-14-18(19)15-9-5-4-6-10-15/h4-14,18-19H,1-3H3,(H,22,23)/t18-,19-/m1/s1. The molecule has 3 heteroatoms. The first-order valence-corrected chi connectivity index (χ1v) is 8.26. The van der Waals surface area contributed by atoms with Crippen molar-refractivity contribution in [1.82, 2.24) is 5.32 Å². The Bertz CT molecular complexity index is 744. The number of rotatable bonds is 2. The molecule has 0 aromatic heterocycles. The second-order valence-electron chi connectivity index (χ2n) is 7.05. The minimum absolute atomic E-state index is 0.0774. The predicted octanol–water partition coefficient (Wildman–Crippen LogP) is 5.06. The number of ether oxygens (including phenoxy) is 1. The molecule has 0 saturated heterocycles. The van der Waals surface area contributed by atoms with Gasteiger partial charge in [0.25, 0.3) is 0 Å². The number of fused-ring (bicyclic) bond motifs is 1. The van der Waals surface area contributed by atoms with Crippen molar-refractivity contribution in [3.63, 3.8) is 0 Å². The van der Waals surface area contributed by atoms with Crippen LogP contribution >= 0.6 is 0 Å². The van der Waals surface area contributed by atoms with Crippen molar-refractivity contribution in [2.24, 2.45) is 0 Å². The van der Waals surface area contributed by atoms with E-state index in [0.717, 1.165) is 11.1 Å². The highest BCUT2D eigenvalue weighted by atomic mass is 16.6. The van der Waals surface area contributed by atoms with Crippen LogP contribution in [0, 0.1) is 0 Å². The van der Waals surface area contributed by atoms with Crippen molar-refractivity contribution in [3.05, 3.63) is 77.4 Å². The lowest BCUT2D eigenvalue weighted by Gasteiger charge is -2.32. The predicted molar refractivity (Wildman–Crippen MR) is 96.8 cm³/mol. The van der Waals surface area contributed by atoms with E-state index in [1.165, 1.54) is 5.56 Å².